The van der Waals surface area contributed by atoms with Crippen LogP contribution in [0, 0.1) is 0 Å². The Morgan fingerprint density at radius 2 is 1.00 bits per heavy atom. The fourth-order valence-corrected chi connectivity index (χ4v) is 5.95. The number of phenols is 3. The summed E-state index contributed by atoms with van der Waals surface area (Å²) >= 11 is 0. The van der Waals surface area contributed by atoms with E-state index in [2.05, 4.69) is 6.07 Å². The number of hydrogen-bond donors (Lipinski definition) is 3. The first kappa shape index (κ1) is 21.9. The SMILES string of the molecule is Oc1ccc(C2CCCCC2)cc1-c1cccc(O)c1-c1cc(C2CCCCC2)ccc1O. The second-order valence-electron chi connectivity index (χ2n) is 9.92. The molecule has 2 aliphatic rings. The number of hydrogen-bond acceptors (Lipinski definition) is 3. The number of benzene rings is 3. The standard InChI is InChI=1S/C30H34O3/c31-27-16-14-22(20-8-3-1-4-9-20)18-25(27)24-12-7-13-29(33)30(24)26-19-23(15-17-28(26)32)21-10-5-2-6-11-21/h7,12-21,31-33H,1-6,8-11H2. The molecule has 0 aliphatic heterocycles. The first-order valence-corrected chi connectivity index (χ1v) is 12.6. The minimum Gasteiger partial charge on any atom is -0.507 e. The molecule has 3 heteroatoms. The van der Waals surface area contributed by atoms with Gasteiger partial charge in [-0.2, -0.15) is 0 Å². The molecule has 0 radical (unpaired) electrons. The normalized spacial score (nSPS) is 17.8. The van der Waals surface area contributed by atoms with Crippen LogP contribution in [0.1, 0.15) is 87.2 Å². The lowest BCUT2D eigenvalue weighted by atomic mass is 9.81. The second kappa shape index (κ2) is 9.51. The predicted molar refractivity (Wildman–Crippen MR) is 134 cm³/mol. The molecule has 0 amide bonds. The van der Waals surface area contributed by atoms with Gasteiger partial charge in [0.25, 0.3) is 0 Å². The zero-order valence-electron chi connectivity index (χ0n) is 19.3. The fraction of sp³-hybridized carbons (Fsp3) is 0.400. The van der Waals surface area contributed by atoms with Crippen LogP contribution in [-0.4, -0.2) is 15.3 Å². The first-order chi connectivity index (χ1) is 16.1. The van der Waals surface area contributed by atoms with Gasteiger partial charge in [-0.25, -0.2) is 0 Å². The highest BCUT2D eigenvalue weighted by atomic mass is 16.3. The van der Waals surface area contributed by atoms with Gasteiger partial charge in [0.1, 0.15) is 17.2 Å². The van der Waals surface area contributed by atoms with Gasteiger partial charge in [-0.15, -0.1) is 0 Å². The van der Waals surface area contributed by atoms with Gasteiger partial charge in [0.15, 0.2) is 0 Å². The van der Waals surface area contributed by atoms with Crippen LogP contribution < -0.4 is 0 Å². The minimum absolute atomic E-state index is 0.117. The molecule has 0 saturated heterocycles. The molecule has 2 fully saturated rings. The third-order valence-corrected chi connectivity index (χ3v) is 7.80. The molecule has 0 atom stereocenters. The Labute approximate surface area is 196 Å². The molecule has 3 N–H and O–H groups in total. The van der Waals surface area contributed by atoms with Crippen molar-refractivity contribution in [1.82, 2.24) is 0 Å². The Kier molecular flexibility index (Phi) is 6.30. The third kappa shape index (κ3) is 4.46. The van der Waals surface area contributed by atoms with Crippen LogP contribution in [0.5, 0.6) is 17.2 Å². The van der Waals surface area contributed by atoms with E-state index < -0.39 is 0 Å². The van der Waals surface area contributed by atoms with E-state index >= 15 is 0 Å². The van der Waals surface area contributed by atoms with Crippen molar-refractivity contribution in [2.45, 2.75) is 76.0 Å². The largest absolute Gasteiger partial charge is 0.507 e. The highest BCUT2D eigenvalue weighted by Gasteiger charge is 2.23. The van der Waals surface area contributed by atoms with Crippen molar-refractivity contribution in [3.8, 4) is 39.5 Å². The highest BCUT2D eigenvalue weighted by Crippen LogP contribution is 2.47. The Morgan fingerprint density at radius 1 is 0.485 bits per heavy atom. The molecule has 2 saturated carbocycles. The van der Waals surface area contributed by atoms with Crippen molar-refractivity contribution in [3.63, 3.8) is 0 Å². The third-order valence-electron chi connectivity index (χ3n) is 7.80. The van der Waals surface area contributed by atoms with E-state index in [9.17, 15) is 15.3 Å². The first-order valence-electron chi connectivity index (χ1n) is 12.6. The van der Waals surface area contributed by atoms with E-state index in [1.165, 1.54) is 75.3 Å². The number of rotatable bonds is 4. The maximum absolute atomic E-state index is 10.9. The van der Waals surface area contributed by atoms with Crippen LogP contribution >= 0.6 is 0 Å². The van der Waals surface area contributed by atoms with Gasteiger partial charge in [-0.1, -0.05) is 62.8 Å². The zero-order chi connectivity index (χ0) is 22.8. The number of phenolic OH excluding ortho intramolecular Hbond substituents is 3. The summed E-state index contributed by atoms with van der Waals surface area (Å²) in [5.41, 5.74) is 5.15. The lowest BCUT2D eigenvalue weighted by Crippen LogP contribution is -2.05. The van der Waals surface area contributed by atoms with Gasteiger partial charge in [0.05, 0.1) is 0 Å². The van der Waals surface area contributed by atoms with Crippen LogP contribution in [0.2, 0.25) is 0 Å². The Morgan fingerprint density at radius 3 is 1.58 bits per heavy atom. The lowest BCUT2D eigenvalue weighted by Gasteiger charge is -2.24. The Bertz CT molecular complexity index is 1120. The molecule has 0 unspecified atom stereocenters. The molecule has 2 aliphatic carbocycles. The van der Waals surface area contributed by atoms with Crippen molar-refractivity contribution < 1.29 is 15.3 Å². The van der Waals surface area contributed by atoms with Gasteiger partial charge in [0.2, 0.25) is 0 Å². The Balaban J connectivity index is 1.61. The summed E-state index contributed by atoms with van der Waals surface area (Å²) in [5, 5.41) is 32.6. The predicted octanol–water partition coefficient (Wildman–Crippen LogP) is 8.23. The second-order valence-corrected chi connectivity index (χ2v) is 9.92. The summed E-state index contributed by atoms with van der Waals surface area (Å²) in [4.78, 5) is 0. The highest BCUT2D eigenvalue weighted by molar-refractivity contribution is 5.91. The summed E-state index contributed by atoms with van der Waals surface area (Å²) < 4.78 is 0. The van der Waals surface area contributed by atoms with Crippen molar-refractivity contribution >= 4 is 0 Å². The van der Waals surface area contributed by atoms with E-state index in [1.807, 2.05) is 30.3 Å². The van der Waals surface area contributed by atoms with Crippen LogP contribution in [0.4, 0.5) is 0 Å². The summed E-state index contributed by atoms with van der Waals surface area (Å²) in [6.07, 6.45) is 12.3. The monoisotopic (exact) mass is 442 g/mol. The molecule has 172 valence electrons. The maximum atomic E-state index is 10.9. The van der Waals surface area contributed by atoms with Crippen LogP contribution in [0.3, 0.4) is 0 Å². The van der Waals surface area contributed by atoms with Gasteiger partial charge in [-0.05, 0) is 84.5 Å². The maximum Gasteiger partial charge on any atom is 0.124 e. The van der Waals surface area contributed by atoms with Gasteiger partial charge in [0, 0.05) is 16.7 Å². The van der Waals surface area contributed by atoms with Crippen molar-refractivity contribution in [1.29, 1.82) is 0 Å². The molecule has 33 heavy (non-hydrogen) atoms. The molecule has 5 rings (SSSR count). The molecular weight excluding hydrogens is 408 g/mol. The summed E-state index contributed by atoms with van der Waals surface area (Å²) in [7, 11) is 0. The van der Waals surface area contributed by atoms with E-state index in [4.69, 9.17) is 0 Å². The van der Waals surface area contributed by atoms with Crippen molar-refractivity contribution in [2.75, 3.05) is 0 Å². The zero-order valence-corrected chi connectivity index (χ0v) is 19.3. The topological polar surface area (TPSA) is 60.7 Å². The van der Waals surface area contributed by atoms with E-state index in [0.717, 1.165) is 5.56 Å². The number of aromatic hydroxyl groups is 3. The summed E-state index contributed by atoms with van der Waals surface area (Å²) in [6, 6.07) is 17.1. The summed E-state index contributed by atoms with van der Waals surface area (Å²) in [5.74, 6) is 1.48. The lowest BCUT2D eigenvalue weighted by molar-refractivity contribution is 0.441. The average Bonchev–Trinajstić information content (AvgIpc) is 2.86. The molecule has 3 aromatic rings. The fourth-order valence-electron chi connectivity index (χ4n) is 5.95. The average molecular weight is 443 g/mol. The van der Waals surface area contributed by atoms with Gasteiger partial charge in [-0.3, -0.25) is 0 Å². The van der Waals surface area contributed by atoms with Crippen LogP contribution in [0.15, 0.2) is 54.6 Å². The van der Waals surface area contributed by atoms with E-state index in [1.54, 1.807) is 18.2 Å². The Hall–Kier alpha value is -2.94. The minimum atomic E-state index is 0.117. The quantitative estimate of drug-likeness (QED) is 0.381. The molecule has 0 bridgehead atoms. The molecular formula is C30H34O3. The molecule has 3 aromatic carbocycles. The molecule has 0 heterocycles. The van der Waals surface area contributed by atoms with Crippen LogP contribution in [-0.2, 0) is 0 Å². The van der Waals surface area contributed by atoms with Gasteiger partial charge < -0.3 is 15.3 Å². The van der Waals surface area contributed by atoms with Crippen LogP contribution in [0.25, 0.3) is 22.3 Å². The smallest absolute Gasteiger partial charge is 0.124 e. The van der Waals surface area contributed by atoms with Crippen molar-refractivity contribution in [2.24, 2.45) is 0 Å². The molecule has 3 nitrogen and oxygen atoms in total. The van der Waals surface area contributed by atoms with Gasteiger partial charge >= 0.3 is 0 Å². The molecule has 0 spiro atoms. The summed E-state index contributed by atoms with van der Waals surface area (Å²) in [6.45, 7) is 0. The van der Waals surface area contributed by atoms with E-state index in [-0.39, 0.29) is 17.2 Å². The molecule has 0 aromatic heterocycles. The van der Waals surface area contributed by atoms with E-state index in [0.29, 0.717) is 28.5 Å². The van der Waals surface area contributed by atoms with Crippen molar-refractivity contribution in [3.05, 3.63) is 65.7 Å².